The number of aromatic nitrogens is 10. The van der Waals surface area contributed by atoms with Gasteiger partial charge >= 0.3 is 19.2 Å². The summed E-state index contributed by atoms with van der Waals surface area (Å²) in [5.41, 5.74) is 11.7. The van der Waals surface area contributed by atoms with E-state index >= 15 is 0 Å². The number of carbonyl (C=O) groups excluding carboxylic acids is 2. The lowest BCUT2D eigenvalue weighted by atomic mass is 9.79. The van der Waals surface area contributed by atoms with Crippen molar-refractivity contribution in [1.29, 1.82) is 0 Å². The summed E-state index contributed by atoms with van der Waals surface area (Å²) >= 11 is 3.42. The molecule has 3 saturated heterocycles. The topological polar surface area (TPSA) is 203 Å². The van der Waals surface area contributed by atoms with Gasteiger partial charge in [-0.1, -0.05) is 15.9 Å². The number of rotatable bonds is 6. The fourth-order valence-electron chi connectivity index (χ4n) is 10.9. The van der Waals surface area contributed by atoms with E-state index < -0.39 is 0 Å². The van der Waals surface area contributed by atoms with Gasteiger partial charge in [-0.3, -0.25) is 39.8 Å². The number of amides is 4. The van der Waals surface area contributed by atoms with Crippen molar-refractivity contribution >= 4 is 102 Å². The Hall–Kier alpha value is -7.38. The third-order valence-electron chi connectivity index (χ3n) is 15.6. The third kappa shape index (κ3) is 12.1. The molecule has 5 aliphatic rings. The second-order valence-electron chi connectivity index (χ2n) is 21.9. The Labute approximate surface area is 500 Å². The molecule has 5 aliphatic heterocycles. The highest BCUT2D eigenvalue weighted by atomic mass is 79.9. The van der Waals surface area contributed by atoms with E-state index in [9.17, 15) is 9.59 Å². The predicted octanol–water partition coefficient (Wildman–Crippen LogP) is 9.68. The number of nitrogens with one attached hydrogen (secondary N) is 2. The zero-order valence-corrected chi connectivity index (χ0v) is 51.2. The van der Waals surface area contributed by atoms with Gasteiger partial charge in [0.1, 0.15) is 11.6 Å². The number of fused-ring (bicyclic) bond motifs is 8. The van der Waals surface area contributed by atoms with Crippen molar-refractivity contribution in [2.75, 3.05) is 56.4 Å². The van der Waals surface area contributed by atoms with Gasteiger partial charge < -0.3 is 19.1 Å². The first-order valence-electron chi connectivity index (χ1n) is 26.8. The number of urea groups is 2. The highest BCUT2D eigenvalue weighted by Crippen LogP contribution is 2.43. The Kier molecular flexibility index (Phi) is 17.2. The van der Waals surface area contributed by atoms with Crippen LogP contribution in [-0.2, 0) is 23.4 Å². The largest absolute Gasteiger partial charge is 0.498 e. The first-order valence-corrected chi connectivity index (χ1v) is 27.6. The van der Waals surface area contributed by atoms with Gasteiger partial charge in [0.05, 0.1) is 57.4 Å². The van der Waals surface area contributed by atoms with Gasteiger partial charge in [-0.2, -0.15) is 37.2 Å². The molecule has 8 aromatic rings. The first kappa shape index (κ1) is 59.3. The summed E-state index contributed by atoms with van der Waals surface area (Å²) in [7, 11) is 3.49. The molecular formula is C58H68BBrN16O4S2. The van der Waals surface area contributed by atoms with Crippen molar-refractivity contribution in [2.24, 2.45) is 14.1 Å². The summed E-state index contributed by atoms with van der Waals surface area (Å²) in [5.74, 6) is 2.38. The molecule has 426 valence electrons. The summed E-state index contributed by atoms with van der Waals surface area (Å²) < 4.78 is 16.4. The van der Waals surface area contributed by atoms with E-state index in [-0.39, 0.29) is 69.5 Å². The Balaban J connectivity index is 0.000000156. The molecule has 8 aromatic heterocycles. The van der Waals surface area contributed by atoms with E-state index in [4.69, 9.17) is 19.3 Å². The molecule has 82 heavy (non-hydrogen) atoms. The highest BCUT2D eigenvalue weighted by molar-refractivity contribution is 9.10. The number of nitrogens with zero attached hydrogens (tertiary/aromatic N) is 14. The minimum absolute atomic E-state index is 0. The molecule has 0 radical (unpaired) electrons. The van der Waals surface area contributed by atoms with Crippen LogP contribution in [0.2, 0.25) is 0 Å². The Bertz CT molecular complexity index is 3660. The Morgan fingerprint density at radius 1 is 0.598 bits per heavy atom. The van der Waals surface area contributed by atoms with E-state index in [1.165, 1.54) is 0 Å². The lowest BCUT2D eigenvalue weighted by molar-refractivity contribution is 0.00578. The molecule has 13 rings (SSSR count). The SMILES string of the molecule is Cc1cc(-c2ccc3c(n2)N(C(=O)Nc2cc(-c4cn(C)nc4C)ccn2)[C@H]2CCN3C2)ccn1.Cc1cc(-c2ccc3c(n2)N(C(=O)Nc2cc(Br)ccn2)[C@H]2CCN3C2)ccn1.Cc1nn(C)cc1B1OC(C)(C)C(C)(C)O1.S.S. The van der Waals surface area contributed by atoms with Crippen LogP contribution in [0.1, 0.15) is 63.3 Å². The normalized spacial score (nSPS) is 17.5. The van der Waals surface area contributed by atoms with Crippen LogP contribution in [0.25, 0.3) is 33.6 Å². The predicted molar refractivity (Wildman–Crippen MR) is 336 cm³/mol. The van der Waals surface area contributed by atoms with E-state index in [1.807, 2.05) is 109 Å². The number of hydrogen-bond acceptors (Lipinski definition) is 14. The van der Waals surface area contributed by atoms with E-state index in [2.05, 4.69) is 106 Å². The van der Waals surface area contributed by atoms with E-state index in [0.29, 0.717) is 23.3 Å². The van der Waals surface area contributed by atoms with Gasteiger partial charge in [0.25, 0.3) is 0 Å². The molecule has 2 atom stereocenters. The van der Waals surface area contributed by atoms with Crippen molar-refractivity contribution < 1.29 is 18.9 Å². The average Bonchev–Trinajstić information content (AvgIpc) is 2.90. The van der Waals surface area contributed by atoms with E-state index in [1.54, 1.807) is 50.0 Å². The summed E-state index contributed by atoms with van der Waals surface area (Å²) in [6, 6.07) is 23.2. The zero-order chi connectivity index (χ0) is 56.2. The lowest BCUT2D eigenvalue weighted by Gasteiger charge is -2.35. The maximum absolute atomic E-state index is 13.6. The molecule has 0 aromatic carbocycles. The molecular weight excluding hydrogens is 1140 g/mol. The van der Waals surface area contributed by atoms with Crippen LogP contribution in [0.5, 0.6) is 0 Å². The lowest BCUT2D eigenvalue weighted by Crippen LogP contribution is -2.48. The fraction of sp³-hybridized carbons (Fsp3) is 0.345. The van der Waals surface area contributed by atoms with Crippen molar-refractivity contribution in [3.05, 3.63) is 137 Å². The van der Waals surface area contributed by atoms with E-state index in [0.717, 1.165) is 117 Å². The number of anilines is 6. The molecule has 13 heterocycles. The summed E-state index contributed by atoms with van der Waals surface area (Å²) in [6.45, 7) is 19.5. The minimum atomic E-state index is -0.307. The molecule has 3 fully saturated rings. The zero-order valence-electron chi connectivity index (χ0n) is 47.6. The number of aryl methyl sites for hydroxylation is 6. The molecule has 4 bridgehead atoms. The van der Waals surface area contributed by atoms with Crippen LogP contribution in [0, 0.1) is 27.7 Å². The van der Waals surface area contributed by atoms with Crippen molar-refractivity contribution in [2.45, 2.75) is 91.5 Å². The number of pyridine rings is 6. The van der Waals surface area contributed by atoms with Gasteiger partial charge in [-0.15, -0.1) is 0 Å². The first-order chi connectivity index (χ1) is 38.3. The second kappa shape index (κ2) is 23.8. The molecule has 24 heteroatoms. The van der Waals surface area contributed by atoms with Crippen LogP contribution in [0.4, 0.5) is 44.2 Å². The molecule has 0 spiro atoms. The van der Waals surface area contributed by atoms with Gasteiger partial charge in [-0.25, -0.2) is 29.5 Å². The van der Waals surface area contributed by atoms with Crippen molar-refractivity contribution in [3.63, 3.8) is 0 Å². The molecule has 20 nitrogen and oxygen atoms in total. The van der Waals surface area contributed by atoms with Crippen LogP contribution < -0.4 is 35.7 Å². The molecule has 0 saturated carbocycles. The quantitative estimate of drug-likeness (QED) is 0.149. The van der Waals surface area contributed by atoms with Gasteiger partial charge in [0.15, 0.2) is 11.6 Å². The summed E-state index contributed by atoms with van der Waals surface area (Å²) in [5, 5.41) is 14.7. The Morgan fingerprint density at radius 2 is 1.06 bits per heavy atom. The monoisotopic (exact) mass is 1210 g/mol. The van der Waals surface area contributed by atoms with Crippen LogP contribution in [-0.4, -0.2) is 118 Å². The van der Waals surface area contributed by atoms with Crippen molar-refractivity contribution in [1.82, 2.24) is 49.5 Å². The van der Waals surface area contributed by atoms with Crippen LogP contribution in [0.3, 0.4) is 0 Å². The van der Waals surface area contributed by atoms with Crippen LogP contribution >= 0.6 is 42.9 Å². The third-order valence-corrected chi connectivity index (χ3v) is 16.1. The van der Waals surface area contributed by atoms with Crippen LogP contribution in [0.15, 0.2) is 114 Å². The van der Waals surface area contributed by atoms with Crippen molar-refractivity contribution in [3.8, 4) is 33.6 Å². The summed E-state index contributed by atoms with van der Waals surface area (Å²) in [6.07, 6.45) is 12.7. The maximum Gasteiger partial charge on any atom is 0.498 e. The van der Waals surface area contributed by atoms with Gasteiger partial charge in [0.2, 0.25) is 0 Å². The number of carbonyl (C=O) groups is 2. The van der Waals surface area contributed by atoms with Gasteiger partial charge in [0, 0.05) is 115 Å². The average molecular weight is 1210 g/mol. The number of halogens is 1. The standard InChI is InChI=1S/C26H26N8O.C21H19BrN6O.C11H19BN2O2.2H2S/c1-16-12-19(7-9-27-16)22-4-5-23-25(29-22)34(20-8-11-33(23)14-20)26(35)30-24-13-18(6-10-28-24)21-15-32(3)31-17(21)2;1-13-10-14(4-7-23-13)17-2-3-18-20(25-17)28(16-6-9-27(18)12-16)21(29)26-19-11-15(22)5-8-24-19;1-8-9(7-14(6)13-8)12-15-10(2,3)11(4,5)16-12;;/h4-7,9-10,12-13,15,20H,8,11,14H2,1-3H3,(H,28,30,35);2-5,7-8,10-11,16H,6,9,12H2,1H3,(H,24,26,29);7H,1-6H3;2*1H2/t20-;16-;;;/m00.../s1. The molecule has 4 amide bonds. The Morgan fingerprint density at radius 3 is 1.52 bits per heavy atom. The molecule has 0 aliphatic carbocycles. The maximum atomic E-state index is 13.6. The van der Waals surface area contributed by atoms with Gasteiger partial charge in [-0.05, 0) is 147 Å². The number of hydrogen-bond donors (Lipinski definition) is 2. The fourth-order valence-corrected chi connectivity index (χ4v) is 11.2. The molecule has 0 unspecified atom stereocenters. The minimum Gasteiger partial charge on any atom is -0.399 e. The molecule has 2 N–H and O–H groups in total. The smallest absolute Gasteiger partial charge is 0.399 e. The highest BCUT2D eigenvalue weighted by Gasteiger charge is 2.52. The second-order valence-corrected chi connectivity index (χ2v) is 22.8. The summed E-state index contributed by atoms with van der Waals surface area (Å²) in [4.78, 5) is 62.1.